The Labute approximate surface area is 183 Å². The van der Waals surface area contributed by atoms with E-state index in [1.807, 2.05) is 18.3 Å². The average Bonchev–Trinajstić information content (AvgIpc) is 2.99. The number of aliphatic imine (C=N–C) groups is 1. The molecule has 0 amide bonds. The first-order valence-corrected chi connectivity index (χ1v) is 10.1. The van der Waals surface area contributed by atoms with Crippen LogP contribution >= 0.6 is 35.3 Å². The van der Waals surface area contributed by atoms with E-state index in [2.05, 4.69) is 51.9 Å². The minimum Gasteiger partial charge on any atom is -0.357 e. The number of pyridine rings is 1. The summed E-state index contributed by atoms with van der Waals surface area (Å²) in [5, 5.41) is 4.58. The average molecular weight is 500 g/mol. The van der Waals surface area contributed by atoms with Crippen molar-refractivity contribution in [1.29, 1.82) is 0 Å². The van der Waals surface area contributed by atoms with Gasteiger partial charge in [0.25, 0.3) is 0 Å². The van der Waals surface area contributed by atoms with Crippen molar-refractivity contribution in [3.8, 4) is 0 Å². The largest absolute Gasteiger partial charge is 0.357 e. The third-order valence-electron chi connectivity index (χ3n) is 4.49. The highest BCUT2D eigenvalue weighted by Crippen LogP contribution is 2.17. The highest BCUT2D eigenvalue weighted by molar-refractivity contribution is 14.0. The van der Waals surface area contributed by atoms with Crippen molar-refractivity contribution in [1.82, 2.24) is 20.2 Å². The molecule has 0 aromatic carbocycles. The summed E-state index contributed by atoms with van der Waals surface area (Å²) in [5.41, 5.74) is 1.15. The number of rotatable bonds is 5. The molecule has 0 aliphatic carbocycles. The van der Waals surface area contributed by atoms with Gasteiger partial charge in [0.05, 0.1) is 10.7 Å². The summed E-state index contributed by atoms with van der Waals surface area (Å²) < 4.78 is 0. The molecule has 2 aromatic rings. The van der Waals surface area contributed by atoms with Crippen LogP contribution in [0.4, 0.5) is 5.82 Å². The molecule has 8 heteroatoms. The fourth-order valence-corrected chi connectivity index (χ4v) is 4.11. The molecule has 0 saturated carbocycles. The zero-order valence-electron chi connectivity index (χ0n) is 16.3. The molecule has 2 aromatic heterocycles. The van der Waals surface area contributed by atoms with Crippen LogP contribution in [-0.4, -0.2) is 60.1 Å². The number of halogens is 1. The number of hydrogen-bond acceptors (Lipinski definition) is 5. The minimum atomic E-state index is 0. The summed E-state index contributed by atoms with van der Waals surface area (Å²) in [6, 6.07) is 6.08. The molecule has 3 heterocycles. The maximum Gasteiger partial charge on any atom is 0.194 e. The van der Waals surface area contributed by atoms with Crippen molar-refractivity contribution >= 4 is 47.1 Å². The molecular formula is C19H29IN6S. The second kappa shape index (κ2) is 10.8. The third-order valence-corrected chi connectivity index (χ3v) is 5.62. The van der Waals surface area contributed by atoms with Crippen LogP contribution in [0, 0.1) is 13.8 Å². The molecule has 0 bridgehead atoms. The number of nitrogens with zero attached hydrogens (tertiary/aromatic N) is 5. The number of anilines is 1. The van der Waals surface area contributed by atoms with E-state index in [9.17, 15) is 0 Å². The van der Waals surface area contributed by atoms with Crippen molar-refractivity contribution in [2.45, 2.75) is 27.2 Å². The smallest absolute Gasteiger partial charge is 0.194 e. The van der Waals surface area contributed by atoms with Crippen LogP contribution in [0.1, 0.15) is 22.5 Å². The number of nitrogens with one attached hydrogen (secondary N) is 1. The number of piperazine rings is 1. The zero-order chi connectivity index (χ0) is 18.4. The first-order valence-electron chi connectivity index (χ1n) is 9.29. The minimum absolute atomic E-state index is 0. The van der Waals surface area contributed by atoms with Gasteiger partial charge in [-0.2, -0.15) is 0 Å². The molecule has 1 aliphatic heterocycles. The molecule has 148 valence electrons. The maximum absolute atomic E-state index is 4.86. The van der Waals surface area contributed by atoms with Crippen LogP contribution in [0.2, 0.25) is 0 Å². The van der Waals surface area contributed by atoms with Gasteiger partial charge in [-0.25, -0.2) is 9.97 Å². The molecule has 0 atom stereocenters. The molecule has 0 spiro atoms. The zero-order valence-corrected chi connectivity index (χ0v) is 19.5. The first-order chi connectivity index (χ1) is 12.7. The summed E-state index contributed by atoms with van der Waals surface area (Å²) >= 11 is 1.78. The van der Waals surface area contributed by atoms with Gasteiger partial charge >= 0.3 is 0 Å². The lowest BCUT2D eigenvalue weighted by Crippen LogP contribution is -2.52. The van der Waals surface area contributed by atoms with Crippen LogP contribution in [0.15, 0.2) is 29.4 Å². The van der Waals surface area contributed by atoms with Crippen molar-refractivity contribution < 1.29 is 0 Å². The van der Waals surface area contributed by atoms with Crippen molar-refractivity contribution in [3.63, 3.8) is 0 Å². The van der Waals surface area contributed by atoms with Crippen LogP contribution in [-0.2, 0) is 6.42 Å². The van der Waals surface area contributed by atoms with Gasteiger partial charge in [-0.1, -0.05) is 6.07 Å². The molecule has 3 rings (SSSR count). The molecule has 6 nitrogen and oxygen atoms in total. The molecule has 27 heavy (non-hydrogen) atoms. The van der Waals surface area contributed by atoms with Gasteiger partial charge in [0, 0.05) is 56.8 Å². The Morgan fingerprint density at radius 1 is 1.22 bits per heavy atom. The Bertz CT molecular complexity index is 725. The lowest BCUT2D eigenvalue weighted by Gasteiger charge is -2.37. The summed E-state index contributed by atoms with van der Waals surface area (Å²) in [6.45, 7) is 11.8. The van der Waals surface area contributed by atoms with Crippen LogP contribution in [0.3, 0.4) is 0 Å². The Hall–Kier alpha value is -1.42. The van der Waals surface area contributed by atoms with Crippen LogP contribution in [0.5, 0.6) is 0 Å². The Morgan fingerprint density at radius 3 is 2.59 bits per heavy atom. The number of aromatic nitrogens is 2. The van der Waals surface area contributed by atoms with E-state index in [1.165, 1.54) is 4.88 Å². The van der Waals surface area contributed by atoms with E-state index in [-0.39, 0.29) is 24.0 Å². The Balaban J connectivity index is 0.00000261. The fraction of sp³-hybridized carbons (Fsp3) is 0.526. The Morgan fingerprint density at radius 2 is 2.00 bits per heavy atom. The van der Waals surface area contributed by atoms with Gasteiger partial charge in [0.1, 0.15) is 5.82 Å². The monoisotopic (exact) mass is 500 g/mol. The molecular weight excluding hydrogens is 471 g/mol. The Kier molecular flexibility index (Phi) is 8.75. The second-order valence-electron chi connectivity index (χ2n) is 6.39. The topological polar surface area (TPSA) is 56.7 Å². The normalized spacial score (nSPS) is 14.9. The third kappa shape index (κ3) is 6.03. The van der Waals surface area contributed by atoms with Crippen molar-refractivity contribution in [2.75, 3.05) is 44.2 Å². The number of guanidine groups is 1. The number of hydrogen-bond donors (Lipinski definition) is 1. The molecule has 1 N–H and O–H groups in total. The fourth-order valence-electron chi connectivity index (χ4n) is 3.18. The quantitative estimate of drug-likeness (QED) is 0.389. The second-order valence-corrected chi connectivity index (χ2v) is 7.68. The van der Waals surface area contributed by atoms with E-state index in [1.54, 1.807) is 11.3 Å². The van der Waals surface area contributed by atoms with E-state index < -0.39 is 0 Å². The molecule has 0 radical (unpaired) electrons. The SMILES string of the molecule is CCNC(=NCCc1sc(C)nc1C)N1CCN(c2ccccn2)CC1.I. The van der Waals surface area contributed by atoms with Gasteiger partial charge in [-0.3, -0.25) is 4.99 Å². The predicted molar refractivity (Wildman–Crippen MR) is 125 cm³/mol. The standard InChI is InChI=1S/C19H28N6S.HI/c1-4-20-19(22-10-8-17-15(2)23-16(3)26-17)25-13-11-24(12-14-25)18-7-5-6-9-21-18;/h5-7,9H,4,8,10-14H2,1-3H3,(H,20,22);1H. The lowest BCUT2D eigenvalue weighted by atomic mass is 10.3. The lowest BCUT2D eigenvalue weighted by molar-refractivity contribution is 0.371. The van der Waals surface area contributed by atoms with Crippen molar-refractivity contribution in [2.24, 2.45) is 4.99 Å². The van der Waals surface area contributed by atoms with Crippen LogP contribution < -0.4 is 10.2 Å². The van der Waals surface area contributed by atoms with Crippen molar-refractivity contribution in [3.05, 3.63) is 40.0 Å². The van der Waals surface area contributed by atoms with Gasteiger partial charge in [-0.05, 0) is 32.9 Å². The van der Waals surface area contributed by atoms with E-state index in [0.29, 0.717) is 0 Å². The van der Waals surface area contributed by atoms with Gasteiger partial charge in [0.2, 0.25) is 0 Å². The van der Waals surface area contributed by atoms with Gasteiger partial charge < -0.3 is 15.1 Å². The number of thiazole rings is 1. The highest BCUT2D eigenvalue weighted by atomic mass is 127. The summed E-state index contributed by atoms with van der Waals surface area (Å²) in [7, 11) is 0. The van der Waals surface area contributed by atoms with E-state index in [4.69, 9.17) is 4.99 Å². The number of aryl methyl sites for hydroxylation is 2. The molecule has 0 unspecified atom stereocenters. The maximum atomic E-state index is 4.86. The summed E-state index contributed by atoms with van der Waals surface area (Å²) in [4.78, 5) is 19.9. The predicted octanol–water partition coefficient (Wildman–Crippen LogP) is 3.10. The molecule has 1 fully saturated rings. The summed E-state index contributed by atoms with van der Waals surface area (Å²) in [5.74, 6) is 2.08. The van der Waals surface area contributed by atoms with Gasteiger partial charge in [-0.15, -0.1) is 35.3 Å². The first kappa shape index (κ1) is 21.9. The van der Waals surface area contributed by atoms with E-state index >= 15 is 0 Å². The molecule has 1 saturated heterocycles. The molecule has 1 aliphatic rings. The highest BCUT2D eigenvalue weighted by Gasteiger charge is 2.20. The van der Waals surface area contributed by atoms with E-state index in [0.717, 1.165) is 68.2 Å². The van der Waals surface area contributed by atoms with Crippen LogP contribution in [0.25, 0.3) is 0 Å². The van der Waals surface area contributed by atoms with Gasteiger partial charge in [0.15, 0.2) is 5.96 Å². The summed E-state index contributed by atoms with van der Waals surface area (Å²) in [6.07, 6.45) is 2.82.